The zero-order valence-electron chi connectivity index (χ0n) is 13.4. The van der Waals surface area contributed by atoms with Crippen LogP contribution in [0.3, 0.4) is 0 Å². The second-order valence-electron chi connectivity index (χ2n) is 6.09. The van der Waals surface area contributed by atoms with Gasteiger partial charge in [0.25, 0.3) is 0 Å². The van der Waals surface area contributed by atoms with Gasteiger partial charge in [-0.3, -0.25) is 0 Å². The molecule has 0 aliphatic carbocycles. The van der Waals surface area contributed by atoms with Crippen molar-refractivity contribution in [3.63, 3.8) is 0 Å². The molecule has 0 saturated heterocycles. The van der Waals surface area contributed by atoms with Gasteiger partial charge in [0.15, 0.2) is 0 Å². The Hall–Kier alpha value is -1.92. The number of halogens is 3. The molecule has 0 spiro atoms. The van der Waals surface area contributed by atoms with Gasteiger partial charge in [0.05, 0.1) is 23.1 Å². The van der Waals surface area contributed by atoms with Crippen LogP contribution in [-0.2, 0) is 6.54 Å². The molecule has 4 rings (SSSR count). The minimum absolute atomic E-state index is 0.0680. The Labute approximate surface area is 158 Å². The molecule has 1 N–H and O–H groups in total. The highest BCUT2D eigenvalue weighted by Crippen LogP contribution is 2.38. The van der Waals surface area contributed by atoms with Crippen LogP contribution < -0.4 is 5.32 Å². The molecule has 1 aliphatic rings. The van der Waals surface area contributed by atoms with Crippen molar-refractivity contribution in [2.75, 3.05) is 5.32 Å². The Morgan fingerprint density at radius 2 is 2.12 bits per heavy atom. The highest BCUT2D eigenvalue weighted by molar-refractivity contribution is 9.10. The van der Waals surface area contributed by atoms with E-state index < -0.39 is 0 Å². The van der Waals surface area contributed by atoms with Crippen LogP contribution in [-0.4, -0.2) is 15.0 Å². The lowest BCUT2D eigenvalue weighted by atomic mass is 9.96. The third-order valence-corrected chi connectivity index (χ3v) is 5.16. The first kappa shape index (κ1) is 16.5. The largest absolute Gasteiger partial charge is 0.376 e. The molecular weight excluding hydrogens is 407 g/mol. The van der Waals surface area contributed by atoms with Crippen LogP contribution in [0.5, 0.6) is 0 Å². The van der Waals surface area contributed by atoms with Gasteiger partial charge in [0.2, 0.25) is 0 Å². The summed E-state index contributed by atoms with van der Waals surface area (Å²) in [4.78, 5) is 0. The summed E-state index contributed by atoms with van der Waals surface area (Å²) in [6.07, 6.45) is 0.755. The molecular formula is C18H15BrClFN4. The van der Waals surface area contributed by atoms with Gasteiger partial charge in [0, 0.05) is 21.6 Å². The lowest BCUT2D eigenvalue weighted by Crippen LogP contribution is -2.13. The monoisotopic (exact) mass is 420 g/mol. The predicted octanol–water partition coefficient (Wildman–Crippen LogP) is 5.37. The zero-order chi connectivity index (χ0) is 17.6. The SMILES string of the molecule is Cc1nnn2c1-c1ccc(Br)cc1C(Nc1cc(Cl)ccc1F)CC2. The maximum Gasteiger partial charge on any atom is 0.146 e. The van der Waals surface area contributed by atoms with Gasteiger partial charge in [-0.05, 0) is 49.2 Å². The van der Waals surface area contributed by atoms with E-state index in [-0.39, 0.29) is 11.9 Å². The van der Waals surface area contributed by atoms with E-state index in [1.165, 1.54) is 6.07 Å². The van der Waals surface area contributed by atoms with Crippen LogP contribution in [0.4, 0.5) is 10.1 Å². The summed E-state index contributed by atoms with van der Waals surface area (Å²) in [6, 6.07) is 10.6. The molecule has 1 unspecified atom stereocenters. The summed E-state index contributed by atoms with van der Waals surface area (Å²) >= 11 is 9.58. The van der Waals surface area contributed by atoms with Crippen LogP contribution in [0.15, 0.2) is 40.9 Å². The molecule has 7 heteroatoms. The fourth-order valence-corrected chi connectivity index (χ4v) is 3.83. The Morgan fingerprint density at radius 1 is 1.28 bits per heavy atom. The van der Waals surface area contributed by atoms with Crippen molar-refractivity contribution in [2.45, 2.75) is 25.9 Å². The average Bonchev–Trinajstić information content (AvgIpc) is 2.87. The number of nitrogens with one attached hydrogen (secondary N) is 1. The summed E-state index contributed by atoms with van der Waals surface area (Å²) in [5.41, 5.74) is 4.44. The number of aromatic nitrogens is 3. The van der Waals surface area contributed by atoms with Crippen LogP contribution in [0, 0.1) is 12.7 Å². The van der Waals surface area contributed by atoms with Crippen molar-refractivity contribution >= 4 is 33.2 Å². The van der Waals surface area contributed by atoms with Crippen molar-refractivity contribution in [2.24, 2.45) is 0 Å². The van der Waals surface area contributed by atoms with Crippen molar-refractivity contribution in [3.8, 4) is 11.3 Å². The van der Waals surface area contributed by atoms with E-state index >= 15 is 0 Å². The van der Waals surface area contributed by atoms with Crippen molar-refractivity contribution in [1.82, 2.24) is 15.0 Å². The van der Waals surface area contributed by atoms with Crippen molar-refractivity contribution < 1.29 is 4.39 Å². The summed E-state index contributed by atoms with van der Waals surface area (Å²) in [5.74, 6) is -0.319. The van der Waals surface area contributed by atoms with Crippen LogP contribution in [0.2, 0.25) is 5.02 Å². The standard InChI is InChI=1S/C18H15BrClFN4/c1-10-18-13-4-2-11(19)8-14(13)16(6-7-25(18)24-23-10)22-17-9-12(20)3-5-15(17)21/h2-5,8-9,16,22H,6-7H2,1H3. The van der Waals surface area contributed by atoms with E-state index in [4.69, 9.17) is 11.6 Å². The van der Waals surface area contributed by atoms with Crippen LogP contribution >= 0.6 is 27.5 Å². The van der Waals surface area contributed by atoms with Gasteiger partial charge in [-0.1, -0.05) is 38.8 Å². The average molecular weight is 422 g/mol. The van der Waals surface area contributed by atoms with Crippen molar-refractivity contribution in [1.29, 1.82) is 0 Å². The number of nitrogens with zero attached hydrogens (tertiary/aromatic N) is 3. The zero-order valence-corrected chi connectivity index (χ0v) is 15.8. The molecule has 3 aromatic rings. The van der Waals surface area contributed by atoms with Gasteiger partial charge in [0.1, 0.15) is 5.82 Å². The predicted molar refractivity (Wildman–Crippen MR) is 100 cm³/mol. The molecule has 128 valence electrons. The lowest BCUT2D eigenvalue weighted by molar-refractivity contribution is 0.536. The number of hydrogen-bond donors (Lipinski definition) is 1. The smallest absolute Gasteiger partial charge is 0.146 e. The lowest BCUT2D eigenvalue weighted by Gasteiger charge is -2.21. The normalized spacial score (nSPS) is 16.1. The summed E-state index contributed by atoms with van der Waals surface area (Å²) in [5, 5.41) is 12.3. The maximum atomic E-state index is 14.2. The molecule has 2 heterocycles. The van der Waals surface area contributed by atoms with Crippen LogP contribution in [0.25, 0.3) is 11.3 Å². The molecule has 25 heavy (non-hydrogen) atoms. The minimum atomic E-state index is -0.319. The third-order valence-electron chi connectivity index (χ3n) is 4.44. The first-order chi connectivity index (χ1) is 12.0. The molecule has 0 amide bonds. The number of benzene rings is 2. The fourth-order valence-electron chi connectivity index (χ4n) is 3.28. The summed E-state index contributed by atoms with van der Waals surface area (Å²) < 4.78 is 17.1. The van der Waals surface area contributed by atoms with E-state index in [2.05, 4.69) is 43.7 Å². The third kappa shape index (κ3) is 3.04. The molecule has 0 bridgehead atoms. The second-order valence-corrected chi connectivity index (χ2v) is 7.44. The Kier molecular flexibility index (Phi) is 4.25. The van der Waals surface area contributed by atoms with E-state index in [1.807, 2.05) is 17.7 Å². The highest BCUT2D eigenvalue weighted by Gasteiger charge is 2.25. The summed E-state index contributed by atoms with van der Waals surface area (Å²) in [7, 11) is 0. The highest BCUT2D eigenvalue weighted by atomic mass is 79.9. The van der Waals surface area contributed by atoms with Gasteiger partial charge in [-0.2, -0.15) is 0 Å². The number of anilines is 1. The first-order valence-electron chi connectivity index (χ1n) is 7.94. The molecule has 0 radical (unpaired) electrons. The number of rotatable bonds is 2. The van der Waals surface area contributed by atoms with Crippen LogP contribution in [0.1, 0.15) is 23.7 Å². The quantitative estimate of drug-likeness (QED) is 0.605. The molecule has 1 atom stereocenters. The molecule has 1 aliphatic heterocycles. The van der Waals surface area contributed by atoms with E-state index in [9.17, 15) is 4.39 Å². The summed E-state index contributed by atoms with van der Waals surface area (Å²) in [6.45, 7) is 2.65. The number of hydrogen-bond acceptors (Lipinski definition) is 3. The van der Waals surface area contributed by atoms with Gasteiger partial charge in [-0.25, -0.2) is 9.07 Å². The molecule has 0 saturated carbocycles. The topological polar surface area (TPSA) is 42.7 Å². The number of fused-ring (bicyclic) bond motifs is 3. The van der Waals surface area contributed by atoms with Crippen molar-refractivity contribution in [3.05, 3.63) is 63.0 Å². The van der Waals surface area contributed by atoms with Gasteiger partial charge >= 0.3 is 0 Å². The number of aryl methyl sites for hydroxylation is 2. The molecule has 0 fully saturated rings. The molecule has 4 nitrogen and oxygen atoms in total. The van der Waals surface area contributed by atoms with Gasteiger partial charge < -0.3 is 5.32 Å². The minimum Gasteiger partial charge on any atom is -0.376 e. The maximum absolute atomic E-state index is 14.2. The van der Waals surface area contributed by atoms with E-state index in [1.54, 1.807) is 12.1 Å². The first-order valence-corrected chi connectivity index (χ1v) is 9.11. The van der Waals surface area contributed by atoms with E-state index in [0.29, 0.717) is 17.3 Å². The van der Waals surface area contributed by atoms with E-state index in [0.717, 1.165) is 33.4 Å². The second kappa shape index (κ2) is 6.42. The molecule has 2 aromatic carbocycles. The van der Waals surface area contributed by atoms with Gasteiger partial charge in [-0.15, -0.1) is 5.10 Å². The Balaban J connectivity index is 1.81. The Morgan fingerprint density at radius 3 is 2.96 bits per heavy atom. The molecule has 1 aromatic heterocycles. The fraction of sp³-hybridized carbons (Fsp3) is 0.222. The Bertz CT molecular complexity index is 956.